The summed E-state index contributed by atoms with van der Waals surface area (Å²) in [7, 11) is 0. The largest absolute Gasteiger partial charge is 0.373 e. The van der Waals surface area contributed by atoms with Crippen molar-refractivity contribution in [3.8, 4) is 0 Å². The lowest BCUT2D eigenvalue weighted by Crippen LogP contribution is -2.44. The van der Waals surface area contributed by atoms with Gasteiger partial charge in [-0.2, -0.15) is 4.98 Å². The number of nitrogens with one attached hydrogen (secondary N) is 2. The Bertz CT molecular complexity index is 644. The first-order chi connectivity index (χ1) is 11.2. The molecular formula is C16H20N4O3. The summed E-state index contributed by atoms with van der Waals surface area (Å²) in [6.45, 7) is 2.59. The molecule has 0 saturated carbocycles. The van der Waals surface area contributed by atoms with Crippen LogP contribution in [-0.2, 0) is 11.3 Å². The molecule has 2 unspecified atom stereocenters. The average Bonchev–Trinajstić information content (AvgIpc) is 3.00. The van der Waals surface area contributed by atoms with Crippen LogP contribution in [0, 0.1) is 6.92 Å². The Morgan fingerprint density at radius 1 is 1.35 bits per heavy atom. The second-order valence-corrected chi connectivity index (χ2v) is 5.55. The molecule has 2 aromatic rings. The number of carbonyl (C=O) groups is 1. The number of aromatic nitrogens is 2. The van der Waals surface area contributed by atoms with Gasteiger partial charge in [0.1, 0.15) is 0 Å². The van der Waals surface area contributed by atoms with Crippen LogP contribution < -0.4 is 10.6 Å². The molecule has 2 atom stereocenters. The molecule has 0 aliphatic carbocycles. The molecule has 1 aromatic heterocycles. The molecule has 122 valence electrons. The van der Waals surface area contributed by atoms with E-state index >= 15 is 0 Å². The van der Waals surface area contributed by atoms with Gasteiger partial charge in [0.05, 0.1) is 12.6 Å². The Kier molecular flexibility index (Phi) is 4.87. The molecule has 7 heteroatoms. The number of rotatable bonds is 4. The zero-order valence-electron chi connectivity index (χ0n) is 13.0. The third kappa shape index (κ3) is 4.29. The molecular weight excluding hydrogens is 296 g/mol. The van der Waals surface area contributed by atoms with E-state index in [0.29, 0.717) is 18.3 Å². The van der Waals surface area contributed by atoms with Crippen LogP contribution in [-0.4, -0.2) is 28.8 Å². The summed E-state index contributed by atoms with van der Waals surface area (Å²) in [5, 5.41) is 9.38. The third-order valence-electron chi connectivity index (χ3n) is 3.76. The zero-order chi connectivity index (χ0) is 16.1. The minimum absolute atomic E-state index is 0.0221. The lowest BCUT2D eigenvalue weighted by Gasteiger charge is -2.30. The molecule has 2 heterocycles. The van der Waals surface area contributed by atoms with Crippen molar-refractivity contribution in [2.24, 2.45) is 0 Å². The maximum absolute atomic E-state index is 12.0. The number of nitrogens with zero attached hydrogens (tertiary/aromatic N) is 2. The molecule has 3 rings (SSSR count). The van der Waals surface area contributed by atoms with Crippen molar-refractivity contribution >= 4 is 6.03 Å². The first-order valence-corrected chi connectivity index (χ1v) is 7.71. The van der Waals surface area contributed by atoms with E-state index < -0.39 is 0 Å². The quantitative estimate of drug-likeness (QED) is 0.901. The van der Waals surface area contributed by atoms with Gasteiger partial charge in [-0.05, 0) is 25.3 Å². The highest BCUT2D eigenvalue weighted by Crippen LogP contribution is 2.27. The Balaban J connectivity index is 1.48. The molecule has 0 radical (unpaired) electrons. The average molecular weight is 316 g/mol. The van der Waals surface area contributed by atoms with Gasteiger partial charge < -0.3 is 19.9 Å². The molecule has 1 saturated heterocycles. The SMILES string of the molecule is Cc1noc(CNC(=O)NC2CCOC(c3ccccc3)C2)n1. The van der Waals surface area contributed by atoms with Gasteiger partial charge in [0, 0.05) is 12.6 Å². The number of ether oxygens (including phenoxy) is 1. The van der Waals surface area contributed by atoms with E-state index in [0.717, 1.165) is 18.4 Å². The number of carbonyl (C=O) groups excluding carboxylic acids is 1. The fourth-order valence-electron chi connectivity index (χ4n) is 2.63. The second-order valence-electron chi connectivity index (χ2n) is 5.55. The van der Waals surface area contributed by atoms with Crippen LogP contribution in [0.3, 0.4) is 0 Å². The van der Waals surface area contributed by atoms with Crippen LogP contribution in [0.15, 0.2) is 34.9 Å². The van der Waals surface area contributed by atoms with Gasteiger partial charge in [0.2, 0.25) is 5.89 Å². The summed E-state index contributed by atoms with van der Waals surface area (Å²) >= 11 is 0. The number of hydrogen-bond donors (Lipinski definition) is 2. The molecule has 2 amide bonds. The van der Waals surface area contributed by atoms with Crippen molar-refractivity contribution in [1.29, 1.82) is 0 Å². The summed E-state index contributed by atoms with van der Waals surface area (Å²) in [4.78, 5) is 16.0. The van der Waals surface area contributed by atoms with Crippen molar-refractivity contribution in [3.63, 3.8) is 0 Å². The van der Waals surface area contributed by atoms with E-state index in [1.807, 2.05) is 30.3 Å². The zero-order valence-corrected chi connectivity index (χ0v) is 13.0. The Hall–Kier alpha value is -2.41. The van der Waals surface area contributed by atoms with Crippen LogP contribution in [0.5, 0.6) is 0 Å². The highest BCUT2D eigenvalue weighted by molar-refractivity contribution is 5.74. The fraction of sp³-hybridized carbons (Fsp3) is 0.438. The summed E-state index contributed by atoms with van der Waals surface area (Å²) in [5.41, 5.74) is 1.14. The number of amides is 2. The molecule has 1 aliphatic heterocycles. The third-order valence-corrected chi connectivity index (χ3v) is 3.76. The lowest BCUT2D eigenvalue weighted by molar-refractivity contribution is 0.00224. The number of hydrogen-bond acceptors (Lipinski definition) is 5. The number of urea groups is 1. The van der Waals surface area contributed by atoms with Gasteiger partial charge in [-0.1, -0.05) is 35.5 Å². The molecule has 2 N–H and O–H groups in total. The summed E-state index contributed by atoms with van der Waals surface area (Å²) in [5.74, 6) is 0.948. The standard InChI is InChI=1S/C16H20N4O3/c1-11-18-15(23-20-11)10-17-16(21)19-13-7-8-22-14(9-13)12-5-3-2-4-6-12/h2-6,13-14H,7-10H2,1H3,(H2,17,19,21). The predicted octanol–water partition coefficient (Wildman–Crippen LogP) is 2.10. The van der Waals surface area contributed by atoms with E-state index in [9.17, 15) is 4.79 Å². The highest BCUT2D eigenvalue weighted by atomic mass is 16.5. The normalized spacial score (nSPS) is 20.9. The lowest BCUT2D eigenvalue weighted by atomic mass is 9.97. The van der Waals surface area contributed by atoms with Gasteiger partial charge in [-0.15, -0.1) is 0 Å². The number of benzene rings is 1. The highest BCUT2D eigenvalue weighted by Gasteiger charge is 2.25. The van der Waals surface area contributed by atoms with Crippen LogP contribution in [0.1, 0.15) is 36.2 Å². The first-order valence-electron chi connectivity index (χ1n) is 7.71. The van der Waals surface area contributed by atoms with Crippen LogP contribution in [0.2, 0.25) is 0 Å². The maximum Gasteiger partial charge on any atom is 0.315 e. The smallest absolute Gasteiger partial charge is 0.315 e. The monoisotopic (exact) mass is 316 g/mol. The number of aryl methyl sites for hydroxylation is 1. The Morgan fingerprint density at radius 2 is 2.17 bits per heavy atom. The van der Waals surface area contributed by atoms with Gasteiger partial charge >= 0.3 is 6.03 Å². The molecule has 1 aromatic carbocycles. The Morgan fingerprint density at radius 3 is 2.91 bits per heavy atom. The summed E-state index contributed by atoms with van der Waals surface area (Å²) < 4.78 is 10.8. The maximum atomic E-state index is 12.0. The molecule has 23 heavy (non-hydrogen) atoms. The molecule has 0 bridgehead atoms. The molecule has 1 aliphatic rings. The minimum Gasteiger partial charge on any atom is -0.373 e. The van der Waals surface area contributed by atoms with Crippen molar-refractivity contribution in [1.82, 2.24) is 20.8 Å². The topological polar surface area (TPSA) is 89.3 Å². The van der Waals surface area contributed by atoms with Crippen molar-refractivity contribution in [2.75, 3.05) is 6.61 Å². The molecule has 1 fully saturated rings. The van der Waals surface area contributed by atoms with Gasteiger partial charge in [-0.25, -0.2) is 4.79 Å². The fourth-order valence-corrected chi connectivity index (χ4v) is 2.63. The predicted molar refractivity (Wildman–Crippen MR) is 82.6 cm³/mol. The van der Waals surface area contributed by atoms with Crippen molar-refractivity contribution < 1.29 is 14.1 Å². The van der Waals surface area contributed by atoms with E-state index in [1.165, 1.54) is 0 Å². The van der Waals surface area contributed by atoms with Crippen LogP contribution in [0.25, 0.3) is 0 Å². The van der Waals surface area contributed by atoms with Crippen LogP contribution in [0.4, 0.5) is 4.79 Å². The van der Waals surface area contributed by atoms with E-state index in [4.69, 9.17) is 9.26 Å². The second kappa shape index (κ2) is 7.23. The van der Waals surface area contributed by atoms with Crippen molar-refractivity contribution in [2.45, 2.75) is 38.5 Å². The first kappa shape index (κ1) is 15.5. The molecule has 7 nitrogen and oxygen atoms in total. The van der Waals surface area contributed by atoms with Crippen LogP contribution >= 0.6 is 0 Å². The van der Waals surface area contributed by atoms with E-state index in [2.05, 4.69) is 20.8 Å². The minimum atomic E-state index is -0.237. The summed E-state index contributed by atoms with van der Waals surface area (Å²) in [6.07, 6.45) is 1.59. The summed E-state index contributed by atoms with van der Waals surface area (Å²) in [6, 6.07) is 9.91. The Labute approximate surface area is 134 Å². The van der Waals surface area contributed by atoms with Gasteiger partial charge in [-0.3, -0.25) is 0 Å². The van der Waals surface area contributed by atoms with E-state index in [1.54, 1.807) is 6.92 Å². The van der Waals surface area contributed by atoms with Gasteiger partial charge in [0.25, 0.3) is 0 Å². The van der Waals surface area contributed by atoms with Crippen molar-refractivity contribution in [3.05, 3.63) is 47.6 Å². The van der Waals surface area contributed by atoms with Gasteiger partial charge in [0.15, 0.2) is 5.82 Å². The molecule has 0 spiro atoms. The van der Waals surface area contributed by atoms with E-state index in [-0.39, 0.29) is 24.7 Å².